The third kappa shape index (κ3) is 5.41. The largest absolute Gasteiger partial charge is 0.493 e. The molecule has 2 aromatic carbocycles. The summed E-state index contributed by atoms with van der Waals surface area (Å²) in [6.45, 7) is 2.00. The van der Waals surface area contributed by atoms with Gasteiger partial charge >= 0.3 is 5.97 Å². The SMILES string of the molecule is CCOC(=O)[C@@H](Cc1ccccc1)n1c(O)c(C=Nc2ccc(Br)cc2)sc1=S. The number of carbonyl (C=O) groups is 1. The van der Waals surface area contributed by atoms with Gasteiger partial charge in [-0.2, -0.15) is 0 Å². The van der Waals surface area contributed by atoms with Crippen molar-refractivity contribution in [2.24, 2.45) is 4.99 Å². The van der Waals surface area contributed by atoms with Gasteiger partial charge in [0, 0.05) is 10.9 Å². The number of aromatic hydroxyl groups is 1. The smallest absolute Gasteiger partial charge is 0.329 e. The van der Waals surface area contributed by atoms with E-state index < -0.39 is 12.0 Å². The summed E-state index contributed by atoms with van der Waals surface area (Å²) in [5, 5.41) is 10.8. The summed E-state index contributed by atoms with van der Waals surface area (Å²) in [5.41, 5.74) is 1.69. The number of hydrogen-bond acceptors (Lipinski definition) is 6. The predicted molar refractivity (Wildman–Crippen MR) is 122 cm³/mol. The normalized spacial score (nSPS) is 12.2. The van der Waals surface area contributed by atoms with Gasteiger partial charge in [0.15, 0.2) is 3.95 Å². The quantitative estimate of drug-likeness (QED) is 0.256. The number of benzene rings is 2. The van der Waals surface area contributed by atoms with Gasteiger partial charge in [-0.1, -0.05) is 57.6 Å². The lowest BCUT2D eigenvalue weighted by molar-refractivity contribution is -0.147. The van der Waals surface area contributed by atoms with Gasteiger partial charge in [0.05, 0.1) is 18.5 Å². The number of aliphatic imine (C=N–C) groups is 1. The molecule has 1 aromatic heterocycles. The Bertz CT molecular complexity index is 1060. The van der Waals surface area contributed by atoms with Crippen molar-refractivity contribution in [1.29, 1.82) is 0 Å². The van der Waals surface area contributed by atoms with Crippen LogP contribution in [-0.4, -0.2) is 28.5 Å². The molecule has 150 valence electrons. The van der Waals surface area contributed by atoms with Crippen LogP contribution in [0.3, 0.4) is 0 Å². The van der Waals surface area contributed by atoms with E-state index in [4.69, 9.17) is 17.0 Å². The first kappa shape index (κ1) is 21.4. The summed E-state index contributed by atoms with van der Waals surface area (Å²) in [6, 6.07) is 16.3. The van der Waals surface area contributed by atoms with Gasteiger partial charge in [-0.25, -0.2) is 4.79 Å². The van der Waals surface area contributed by atoms with Gasteiger partial charge in [0.1, 0.15) is 10.9 Å². The molecule has 0 unspecified atom stereocenters. The van der Waals surface area contributed by atoms with Crippen molar-refractivity contribution in [3.8, 4) is 5.88 Å². The molecule has 0 spiro atoms. The van der Waals surface area contributed by atoms with Crippen LogP contribution in [0.4, 0.5) is 5.69 Å². The number of carbonyl (C=O) groups excluding carboxylic acids is 1. The third-order valence-corrected chi connectivity index (χ3v) is 6.00. The third-order valence-electron chi connectivity index (χ3n) is 4.14. The Kier molecular flexibility index (Phi) is 7.35. The summed E-state index contributed by atoms with van der Waals surface area (Å²) in [6.07, 6.45) is 1.92. The molecule has 0 saturated carbocycles. The van der Waals surface area contributed by atoms with Crippen LogP contribution >= 0.6 is 39.5 Å². The Hall–Kier alpha value is -2.29. The Morgan fingerprint density at radius 3 is 2.62 bits per heavy atom. The molecule has 1 heterocycles. The standard InChI is InChI=1S/C21H19BrN2O3S2/c1-2-27-20(26)17(12-14-6-4-3-5-7-14)24-19(25)18(29-21(24)28)13-23-16-10-8-15(22)9-11-16/h3-11,13,17,25H,2,12H2,1H3/t17-/m1/s1. The van der Waals surface area contributed by atoms with E-state index >= 15 is 0 Å². The van der Waals surface area contributed by atoms with Gasteiger partial charge in [-0.3, -0.25) is 9.56 Å². The van der Waals surface area contributed by atoms with Crippen LogP contribution in [0.5, 0.6) is 5.88 Å². The fourth-order valence-electron chi connectivity index (χ4n) is 2.77. The molecule has 5 nitrogen and oxygen atoms in total. The number of ether oxygens (including phenoxy) is 1. The van der Waals surface area contributed by atoms with Crippen molar-refractivity contribution in [1.82, 2.24) is 4.57 Å². The average Bonchev–Trinajstić information content (AvgIpc) is 3.00. The summed E-state index contributed by atoms with van der Waals surface area (Å²) >= 11 is 10.0. The van der Waals surface area contributed by atoms with Gasteiger partial charge in [0.2, 0.25) is 5.88 Å². The number of halogens is 1. The molecule has 8 heteroatoms. The molecule has 0 amide bonds. The Morgan fingerprint density at radius 1 is 1.28 bits per heavy atom. The highest BCUT2D eigenvalue weighted by molar-refractivity contribution is 9.10. The number of esters is 1. The van der Waals surface area contributed by atoms with Crippen molar-refractivity contribution >= 4 is 57.4 Å². The van der Waals surface area contributed by atoms with Gasteiger partial charge < -0.3 is 9.84 Å². The molecule has 0 bridgehead atoms. The molecule has 29 heavy (non-hydrogen) atoms. The Morgan fingerprint density at radius 2 is 1.97 bits per heavy atom. The monoisotopic (exact) mass is 490 g/mol. The highest BCUT2D eigenvalue weighted by atomic mass is 79.9. The van der Waals surface area contributed by atoms with Gasteiger partial charge in [0.25, 0.3) is 0 Å². The molecule has 0 aliphatic heterocycles. The van der Waals surface area contributed by atoms with Crippen LogP contribution in [0.1, 0.15) is 23.4 Å². The van der Waals surface area contributed by atoms with Crippen molar-refractivity contribution < 1.29 is 14.6 Å². The maximum absolute atomic E-state index is 12.6. The van der Waals surface area contributed by atoms with Crippen LogP contribution in [0.15, 0.2) is 64.1 Å². The highest BCUT2D eigenvalue weighted by Gasteiger charge is 2.27. The topological polar surface area (TPSA) is 63.8 Å². The maximum atomic E-state index is 12.6. The summed E-state index contributed by atoms with van der Waals surface area (Å²) in [4.78, 5) is 17.5. The summed E-state index contributed by atoms with van der Waals surface area (Å²) in [5.74, 6) is -0.521. The lowest BCUT2D eigenvalue weighted by Gasteiger charge is -2.18. The number of rotatable bonds is 7. The summed E-state index contributed by atoms with van der Waals surface area (Å²) < 4.78 is 8.03. The zero-order valence-electron chi connectivity index (χ0n) is 15.6. The zero-order valence-corrected chi connectivity index (χ0v) is 18.8. The first-order valence-corrected chi connectivity index (χ1v) is 11.0. The minimum Gasteiger partial charge on any atom is -0.493 e. The van der Waals surface area contributed by atoms with Crippen LogP contribution < -0.4 is 0 Å². The number of hydrogen-bond donors (Lipinski definition) is 1. The van der Waals surface area contributed by atoms with Crippen molar-refractivity contribution in [3.05, 3.63) is 73.5 Å². The fraction of sp³-hybridized carbons (Fsp3) is 0.190. The zero-order chi connectivity index (χ0) is 20.8. The van der Waals surface area contributed by atoms with E-state index in [-0.39, 0.29) is 12.5 Å². The van der Waals surface area contributed by atoms with Crippen molar-refractivity contribution in [3.63, 3.8) is 0 Å². The minimum atomic E-state index is -0.754. The van der Waals surface area contributed by atoms with E-state index in [1.807, 2.05) is 54.6 Å². The molecule has 0 saturated heterocycles. The van der Waals surface area contributed by atoms with E-state index in [0.717, 1.165) is 15.7 Å². The molecular formula is C21H19BrN2O3S2. The van der Waals surface area contributed by atoms with E-state index in [1.54, 1.807) is 13.1 Å². The minimum absolute atomic E-state index is 0.0881. The van der Waals surface area contributed by atoms with E-state index in [0.29, 0.717) is 15.3 Å². The second kappa shape index (κ2) is 9.96. The van der Waals surface area contributed by atoms with E-state index in [2.05, 4.69) is 20.9 Å². The van der Waals surface area contributed by atoms with Crippen LogP contribution in [-0.2, 0) is 16.0 Å². The van der Waals surface area contributed by atoms with E-state index in [9.17, 15) is 9.90 Å². The van der Waals surface area contributed by atoms with Gasteiger partial charge in [-0.15, -0.1) is 0 Å². The maximum Gasteiger partial charge on any atom is 0.329 e. The number of thiazole rings is 1. The lowest BCUT2D eigenvalue weighted by Crippen LogP contribution is -2.24. The van der Waals surface area contributed by atoms with Crippen molar-refractivity contribution in [2.45, 2.75) is 19.4 Å². The lowest BCUT2D eigenvalue weighted by atomic mass is 10.1. The molecule has 1 atom stereocenters. The fourth-order valence-corrected chi connectivity index (χ4v) is 4.31. The Balaban J connectivity index is 1.94. The molecule has 0 aliphatic rings. The molecule has 1 N–H and O–H groups in total. The molecule has 0 radical (unpaired) electrons. The molecular weight excluding hydrogens is 472 g/mol. The number of nitrogens with zero attached hydrogens (tertiary/aromatic N) is 2. The average molecular weight is 491 g/mol. The first-order valence-electron chi connectivity index (χ1n) is 8.94. The second-order valence-corrected chi connectivity index (χ2v) is 8.71. The van der Waals surface area contributed by atoms with Crippen LogP contribution in [0.25, 0.3) is 0 Å². The van der Waals surface area contributed by atoms with Crippen molar-refractivity contribution in [2.75, 3.05) is 6.61 Å². The first-order chi connectivity index (χ1) is 14.0. The summed E-state index contributed by atoms with van der Waals surface area (Å²) in [7, 11) is 0. The van der Waals surface area contributed by atoms with Gasteiger partial charge in [-0.05, 0) is 49.0 Å². The predicted octanol–water partition coefficient (Wildman–Crippen LogP) is 5.84. The molecule has 3 rings (SSSR count). The van der Waals surface area contributed by atoms with E-state index in [1.165, 1.54) is 15.9 Å². The molecule has 3 aromatic rings. The van der Waals surface area contributed by atoms with Crippen LogP contribution in [0.2, 0.25) is 0 Å². The Labute approximate surface area is 186 Å². The number of aromatic nitrogens is 1. The molecule has 0 fully saturated rings. The second-order valence-electron chi connectivity index (χ2n) is 6.12. The van der Waals surface area contributed by atoms with Crippen LogP contribution in [0, 0.1) is 3.95 Å². The molecule has 0 aliphatic carbocycles. The highest BCUT2D eigenvalue weighted by Crippen LogP contribution is 2.31.